The van der Waals surface area contributed by atoms with Crippen LogP contribution in [0.5, 0.6) is 5.75 Å². The van der Waals surface area contributed by atoms with E-state index >= 15 is 0 Å². The molecule has 0 amide bonds. The fourth-order valence-corrected chi connectivity index (χ4v) is 2.65. The molecule has 0 spiro atoms. The molecule has 2 aromatic carbocycles. The highest BCUT2D eigenvalue weighted by Gasteiger charge is 2.14. The number of methoxy groups -OCH3 is 1. The lowest BCUT2D eigenvalue weighted by Gasteiger charge is -2.04. The van der Waals surface area contributed by atoms with Crippen LogP contribution in [0.4, 0.5) is 4.39 Å². The molecule has 26 heavy (non-hydrogen) atoms. The standard InChI is InChI=1S/C18H13FN4O3/c1-25-15-5-3-2-4-13(15)17-21-16(26-22-17)9-23-10-20-14-8-11(19)6-7-12(14)18(23)24/h2-8,10H,9H2,1H3. The third kappa shape index (κ3) is 2.81. The maximum Gasteiger partial charge on any atom is 0.261 e. The zero-order chi connectivity index (χ0) is 18.1. The number of benzene rings is 2. The van der Waals surface area contributed by atoms with Crippen LogP contribution in [0.25, 0.3) is 22.3 Å². The van der Waals surface area contributed by atoms with Gasteiger partial charge in [0.1, 0.15) is 18.1 Å². The quantitative estimate of drug-likeness (QED) is 0.561. The molecule has 0 aliphatic carbocycles. The Morgan fingerprint density at radius 2 is 2.08 bits per heavy atom. The second-order valence-electron chi connectivity index (χ2n) is 5.55. The molecule has 7 nitrogen and oxygen atoms in total. The summed E-state index contributed by atoms with van der Waals surface area (Å²) in [5.74, 6) is 0.782. The molecule has 0 fully saturated rings. The van der Waals surface area contributed by atoms with Gasteiger partial charge < -0.3 is 9.26 Å². The first kappa shape index (κ1) is 15.9. The Morgan fingerprint density at radius 1 is 1.23 bits per heavy atom. The molecule has 0 unspecified atom stereocenters. The van der Waals surface area contributed by atoms with E-state index in [2.05, 4.69) is 15.1 Å². The Bertz CT molecular complexity index is 1150. The Morgan fingerprint density at radius 3 is 2.92 bits per heavy atom. The Labute approximate surface area is 146 Å². The van der Waals surface area contributed by atoms with E-state index in [0.717, 1.165) is 0 Å². The maximum absolute atomic E-state index is 13.2. The van der Waals surface area contributed by atoms with Crippen molar-refractivity contribution < 1.29 is 13.7 Å². The normalized spacial score (nSPS) is 11.0. The van der Waals surface area contributed by atoms with Gasteiger partial charge in [-0.3, -0.25) is 9.36 Å². The molecule has 0 saturated carbocycles. The molecule has 0 aliphatic rings. The van der Waals surface area contributed by atoms with Crippen LogP contribution < -0.4 is 10.3 Å². The molecule has 0 N–H and O–H groups in total. The van der Waals surface area contributed by atoms with Crippen LogP contribution >= 0.6 is 0 Å². The summed E-state index contributed by atoms with van der Waals surface area (Å²) in [5, 5.41) is 4.26. The van der Waals surface area contributed by atoms with E-state index in [9.17, 15) is 9.18 Å². The van der Waals surface area contributed by atoms with Gasteiger partial charge in [0.05, 0.1) is 29.9 Å². The minimum atomic E-state index is -0.444. The zero-order valence-electron chi connectivity index (χ0n) is 13.7. The van der Waals surface area contributed by atoms with Gasteiger partial charge in [-0.15, -0.1) is 0 Å². The summed E-state index contributed by atoms with van der Waals surface area (Å²) in [7, 11) is 1.56. The van der Waals surface area contributed by atoms with Crippen LogP contribution in [0.1, 0.15) is 5.89 Å². The van der Waals surface area contributed by atoms with Crippen molar-refractivity contribution in [3.8, 4) is 17.1 Å². The molecule has 0 atom stereocenters. The van der Waals surface area contributed by atoms with Crippen LogP contribution in [0.15, 0.2) is 58.1 Å². The molecule has 2 heterocycles. The van der Waals surface area contributed by atoms with Crippen molar-refractivity contribution in [2.45, 2.75) is 6.54 Å². The smallest absolute Gasteiger partial charge is 0.261 e. The first-order valence-corrected chi connectivity index (χ1v) is 7.76. The third-order valence-electron chi connectivity index (χ3n) is 3.91. The zero-order valence-corrected chi connectivity index (χ0v) is 13.7. The van der Waals surface area contributed by atoms with Crippen molar-refractivity contribution in [3.05, 3.63) is 70.9 Å². The molecule has 130 valence electrons. The SMILES string of the molecule is COc1ccccc1-c1noc(Cn2cnc3cc(F)ccc3c2=O)n1. The second kappa shape index (κ2) is 6.40. The maximum atomic E-state index is 13.2. The highest BCUT2D eigenvalue weighted by atomic mass is 19.1. The molecular formula is C18H13FN4O3. The molecule has 0 aliphatic heterocycles. The average molecular weight is 352 g/mol. The molecular weight excluding hydrogens is 339 g/mol. The van der Waals surface area contributed by atoms with Gasteiger partial charge in [-0.1, -0.05) is 17.3 Å². The molecule has 0 saturated heterocycles. The lowest BCUT2D eigenvalue weighted by molar-refractivity contribution is 0.369. The fraction of sp³-hybridized carbons (Fsp3) is 0.111. The van der Waals surface area contributed by atoms with Crippen LogP contribution in [-0.2, 0) is 6.54 Å². The lowest BCUT2D eigenvalue weighted by atomic mass is 10.2. The highest BCUT2D eigenvalue weighted by Crippen LogP contribution is 2.27. The summed E-state index contributed by atoms with van der Waals surface area (Å²) < 4.78 is 25.1. The van der Waals surface area contributed by atoms with Gasteiger partial charge in [-0.2, -0.15) is 4.98 Å². The number of hydrogen-bond donors (Lipinski definition) is 0. The number of fused-ring (bicyclic) bond motifs is 1. The predicted octanol–water partition coefficient (Wildman–Crippen LogP) is 2.64. The lowest BCUT2D eigenvalue weighted by Crippen LogP contribution is -2.21. The molecule has 4 rings (SSSR count). The van der Waals surface area contributed by atoms with Gasteiger partial charge in [-0.25, -0.2) is 9.37 Å². The minimum absolute atomic E-state index is 0.0568. The molecule has 0 bridgehead atoms. The van der Waals surface area contributed by atoms with Crippen molar-refractivity contribution in [1.29, 1.82) is 0 Å². The first-order valence-electron chi connectivity index (χ1n) is 7.76. The molecule has 0 radical (unpaired) electrons. The van der Waals surface area contributed by atoms with E-state index < -0.39 is 5.82 Å². The Kier molecular flexibility index (Phi) is 3.92. The van der Waals surface area contributed by atoms with E-state index in [-0.39, 0.29) is 18.0 Å². The minimum Gasteiger partial charge on any atom is -0.496 e. The topological polar surface area (TPSA) is 83.0 Å². The van der Waals surface area contributed by atoms with Crippen molar-refractivity contribution in [1.82, 2.24) is 19.7 Å². The predicted molar refractivity (Wildman–Crippen MR) is 91.3 cm³/mol. The van der Waals surface area contributed by atoms with E-state index in [4.69, 9.17) is 9.26 Å². The first-order chi connectivity index (χ1) is 12.7. The summed E-state index contributed by atoms with van der Waals surface area (Å²) in [6.45, 7) is 0.0568. The summed E-state index contributed by atoms with van der Waals surface area (Å²) >= 11 is 0. The van der Waals surface area contributed by atoms with Gasteiger partial charge in [0, 0.05) is 6.07 Å². The number of hydrogen-bond acceptors (Lipinski definition) is 6. The van der Waals surface area contributed by atoms with Gasteiger partial charge in [0.15, 0.2) is 0 Å². The largest absolute Gasteiger partial charge is 0.496 e. The van der Waals surface area contributed by atoms with Gasteiger partial charge >= 0.3 is 0 Å². The highest BCUT2D eigenvalue weighted by molar-refractivity contribution is 5.77. The molecule has 2 aromatic heterocycles. The number of halogens is 1. The van der Waals surface area contributed by atoms with E-state index in [1.165, 1.54) is 29.1 Å². The summed E-state index contributed by atoms with van der Waals surface area (Å²) in [6.07, 6.45) is 1.33. The van der Waals surface area contributed by atoms with Crippen molar-refractivity contribution in [2.24, 2.45) is 0 Å². The average Bonchev–Trinajstić information content (AvgIpc) is 3.12. The third-order valence-corrected chi connectivity index (χ3v) is 3.91. The number of nitrogens with zero attached hydrogens (tertiary/aromatic N) is 4. The summed E-state index contributed by atoms with van der Waals surface area (Å²) in [6, 6.07) is 11.1. The number of rotatable bonds is 4. The number of ether oxygens (including phenoxy) is 1. The van der Waals surface area contributed by atoms with Crippen molar-refractivity contribution in [2.75, 3.05) is 7.11 Å². The van der Waals surface area contributed by atoms with Crippen LogP contribution in [-0.4, -0.2) is 26.8 Å². The Balaban J connectivity index is 1.68. The Hall–Kier alpha value is -3.55. The van der Waals surface area contributed by atoms with E-state index in [1.807, 2.05) is 18.2 Å². The molecule has 8 heteroatoms. The number of para-hydroxylation sites is 1. The fourth-order valence-electron chi connectivity index (χ4n) is 2.65. The van der Waals surface area contributed by atoms with Gasteiger partial charge in [0.2, 0.25) is 11.7 Å². The summed E-state index contributed by atoms with van der Waals surface area (Å²) in [5.41, 5.74) is 0.669. The number of aromatic nitrogens is 4. The summed E-state index contributed by atoms with van der Waals surface area (Å²) in [4.78, 5) is 20.9. The van der Waals surface area contributed by atoms with Crippen LogP contribution in [0.2, 0.25) is 0 Å². The van der Waals surface area contributed by atoms with Gasteiger partial charge in [-0.05, 0) is 24.3 Å². The molecule has 4 aromatic rings. The van der Waals surface area contributed by atoms with Gasteiger partial charge in [0.25, 0.3) is 5.56 Å². The second-order valence-corrected chi connectivity index (χ2v) is 5.55. The van der Waals surface area contributed by atoms with Crippen LogP contribution in [0.3, 0.4) is 0 Å². The van der Waals surface area contributed by atoms with Crippen LogP contribution in [0, 0.1) is 5.82 Å². The van der Waals surface area contributed by atoms with E-state index in [1.54, 1.807) is 13.2 Å². The monoisotopic (exact) mass is 352 g/mol. The van der Waals surface area contributed by atoms with E-state index in [0.29, 0.717) is 28.0 Å². The van der Waals surface area contributed by atoms with Crippen molar-refractivity contribution >= 4 is 10.9 Å². The van der Waals surface area contributed by atoms with Crippen molar-refractivity contribution in [3.63, 3.8) is 0 Å².